The van der Waals surface area contributed by atoms with Gasteiger partial charge in [0, 0.05) is 26.8 Å². The van der Waals surface area contributed by atoms with Crippen molar-refractivity contribution in [1.82, 2.24) is 9.78 Å². The molecule has 0 saturated heterocycles. The molecule has 1 atom stereocenters. The third kappa shape index (κ3) is 2.77. The van der Waals surface area contributed by atoms with E-state index in [0.717, 1.165) is 16.7 Å². The first-order chi connectivity index (χ1) is 9.17. The highest BCUT2D eigenvalue weighted by Gasteiger charge is 2.13. The number of aryl methyl sites for hydroxylation is 1. The molecule has 1 heterocycles. The van der Waals surface area contributed by atoms with Gasteiger partial charge in [-0.2, -0.15) is 5.10 Å². The Kier molecular flexibility index (Phi) is 4.19. The molecule has 0 fully saturated rings. The molecular weight excluding hydrogens is 242 g/mol. The van der Waals surface area contributed by atoms with Gasteiger partial charge >= 0.3 is 0 Å². The van der Waals surface area contributed by atoms with Crippen LogP contribution in [0.2, 0.25) is 0 Å². The molecule has 1 unspecified atom stereocenters. The average Bonchev–Trinajstić information content (AvgIpc) is 2.76. The van der Waals surface area contributed by atoms with Crippen LogP contribution in [0.25, 0.3) is 11.1 Å². The Bertz CT molecular complexity index is 551. The molecular formula is C14H19N3O2. The lowest BCUT2D eigenvalue weighted by Crippen LogP contribution is -2.08. The number of benzene rings is 1. The summed E-state index contributed by atoms with van der Waals surface area (Å²) < 4.78 is 12.2. The van der Waals surface area contributed by atoms with Crippen LogP contribution in [0, 0.1) is 0 Å². The molecule has 0 radical (unpaired) electrons. The maximum absolute atomic E-state index is 6.00. The topological polar surface area (TPSA) is 62.3 Å². The van der Waals surface area contributed by atoms with Crippen molar-refractivity contribution >= 4 is 5.82 Å². The van der Waals surface area contributed by atoms with E-state index >= 15 is 0 Å². The van der Waals surface area contributed by atoms with Crippen molar-refractivity contribution in [2.45, 2.75) is 6.10 Å². The molecule has 1 aromatic carbocycles. The first-order valence-corrected chi connectivity index (χ1v) is 6.07. The SMILES string of the molecule is COCC(OC)c1cccc(-c2cnn(C)c2N)c1. The van der Waals surface area contributed by atoms with E-state index in [4.69, 9.17) is 15.2 Å². The summed E-state index contributed by atoms with van der Waals surface area (Å²) in [4.78, 5) is 0. The summed E-state index contributed by atoms with van der Waals surface area (Å²) in [5.74, 6) is 0.651. The summed E-state index contributed by atoms with van der Waals surface area (Å²) in [6.45, 7) is 0.516. The molecule has 2 N–H and O–H groups in total. The minimum atomic E-state index is -0.0807. The number of ether oxygens (including phenoxy) is 2. The van der Waals surface area contributed by atoms with Gasteiger partial charge in [0.2, 0.25) is 0 Å². The van der Waals surface area contributed by atoms with Crippen molar-refractivity contribution in [3.05, 3.63) is 36.0 Å². The lowest BCUT2D eigenvalue weighted by molar-refractivity contribution is 0.0275. The highest BCUT2D eigenvalue weighted by molar-refractivity contribution is 5.73. The number of anilines is 1. The molecule has 2 aromatic rings. The molecule has 102 valence electrons. The maximum Gasteiger partial charge on any atom is 0.129 e. The van der Waals surface area contributed by atoms with Crippen LogP contribution in [0.15, 0.2) is 30.5 Å². The van der Waals surface area contributed by atoms with Crippen LogP contribution in [-0.4, -0.2) is 30.6 Å². The van der Waals surface area contributed by atoms with Crippen molar-refractivity contribution in [2.24, 2.45) is 7.05 Å². The second kappa shape index (κ2) is 5.86. The summed E-state index contributed by atoms with van der Waals surface area (Å²) >= 11 is 0. The van der Waals surface area contributed by atoms with Gasteiger partial charge in [-0.1, -0.05) is 18.2 Å². The zero-order chi connectivity index (χ0) is 13.8. The van der Waals surface area contributed by atoms with Crippen LogP contribution in [0.3, 0.4) is 0 Å². The smallest absolute Gasteiger partial charge is 0.129 e. The third-order valence-electron chi connectivity index (χ3n) is 3.16. The Labute approximate surface area is 112 Å². The summed E-state index contributed by atoms with van der Waals surface area (Å²) in [5, 5.41) is 4.16. The van der Waals surface area contributed by atoms with Crippen molar-refractivity contribution in [3.8, 4) is 11.1 Å². The van der Waals surface area contributed by atoms with Crippen LogP contribution >= 0.6 is 0 Å². The highest BCUT2D eigenvalue weighted by Crippen LogP contribution is 2.28. The van der Waals surface area contributed by atoms with Gasteiger partial charge in [-0.3, -0.25) is 4.68 Å². The minimum Gasteiger partial charge on any atom is -0.383 e. The predicted octanol–water partition coefficient (Wildman–Crippen LogP) is 2.00. The average molecular weight is 261 g/mol. The Balaban J connectivity index is 2.36. The summed E-state index contributed by atoms with van der Waals surface area (Å²) in [6, 6.07) is 8.07. The number of nitrogens with zero attached hydrogens (tertiary/aromatic N) is 2. The van der Waals surface area contributed by atoms with E-state index in [1.54, 1.807) is 25.1 Å². The standard InChI is InChI=1S/C14H19N3O2/c1-17-14(15)12(8-16-17)10-5-4-6-11(7-10)13(19-3)9-18-2/h4-8,13H,9,15H2,1-3H3. The fraction of sp³-hybridized carbons (Fsp3) is 0.357. The van der Waals surface area contributed by atoms with Crippen LogP contribution in [0.1, 0.15) is 11.7 Å². The van der Waals surface area contributed by atoms with E-state index in [0.29, 0.717) is 12.4 Å². The van der Waals surface area contributed by atoms with Gasteiger partial charge < -0.3 is 15.2 Å². The number of aromatic nitrogens is 2. The van der Waals surface area contributed by atoms with Crippen LogP contribution in [0.5, 0.6) is 0 Å². The summed E-state index contributed by atoms with van der Waals surface area (Å²) in [5.41, 5.74) is 9.01. The number of hydrogen-bond donors (Lipinski definition) is 1. The first-order valence-electron chi connectivity index (χ1n) is 6.07. The summed E-state index contributed by atoms with van der Waals surface area (Å²) in [6.07, 6.45) is 1.69. The summed E-state index contributed by atoms with van der Waals surface area (Å²) in [7, 11) is 5.16. The number of rotatable bonds is 5. The normalized spacial score (nSPS) is 12.6. The lowest BCUT2D eigenvalue weighted by Gasteiger charge is -2.15. The predicted molar refractivity (Wildman–Crippen MR) is 74.7 cm³/mol. The second-order valence-corrected chi connectivity index (χ2v) is 4.37. The Hall–Kier alpha value is -1.85. The molecule has 0 bridgehead atoms. The molecule has 0 aliphatic carbocycles. The highest BCUT2D eigenvalue weighted by atomic mass is 16.5. The minimum absolute atomic E-state index is 0.0807. The largest absolute Gasteiger partial charge is 0.383 e. The first kappa shape index (κ1) is 13.6. The molecule has 0 aliphatic heterocycles. The molecule has 0 aliphatic rings. The molecule has 2 rings (SSSR count). The Morgan fingerprint density at radius 1 is 1.37 bits per heavy atom. The van der Waals surface area contributed by atoms with Gasteiger partial charge in [0.1, 0.15) is 11.9 Å². The quantitative estimate of drug-likeness (QED) is 0.894. The van der Waals surface area contributed by atoms with E-state index in [2.05, 4.69) is 11.2 Å². The van der Waals surface area contributed by atoms with Gasteiger partial charge in [0.15, 0.2) is 0 Å². The van der Waals surface area contributed by atoms with Gasteiger partial charge in [-0.25, -0.2) is 0 Å². The molecule has 0 spiro atoms. The molecule has 0 amide bonds. The van der Waals surface area contributed by atoms with Gasteiger partial charge in [0.05, 0.1) is 12.8 Å². The zero-order valence-electron chi connectivity index (χ0n) is 11.5. The maximum atomic E-state index is 6.00. The van der Waals surface area contributed by atoms with Crippen molar-refractivity contribution in [1.29, 1.82) is 0 Å². The van der Waals surface area contributed by atoms with E-state index < -0.39 is 0 Å². The van der Waals surface area contributed by atoms with Gasteiger partial charge in [0.25, 0.3) is 0 Å². The van der Waals surface area contributed by atoms with Gasteiger partial charge in [-0.05, 0) is 17.2 Å². The van der Waals surface area contributed by atoms with Crippen molar-refractivity contribution in [3.63, 3.8) is 0 Å². The Morgan fingerprint density at radius 2 is 2.16 bits per heavy atom. The molecule has 5 nitrogen and oxygen atoms in total. The molecule has 1 aromatic heterocycles. The van der Waals surface area contributed by atoms with Crippen molar-refractivity contribution < 1.29 is 9.47 Å². The lowest BCUT2D eigenvalue weighted by atomic mass is 10.0. The molecule has 0 saturated carbocycles. The number of hydrogen-bond acceptors (Lipinski definition) is 4. The monoisotopic (exact) mass is 261 g/mol. The van der Waals surface area contributed by atoms with E-state index in [-0.39, 0.29) is 6.10 Å². The van der Waals surface area contributed by atoms with E-state index in [9.17, 15) is 0 Å². The van der Waals surface area contributed by atoms with Gasteiger partial charge in [-0.15, -0.1) is 0 Å². The third-order valence-corrected chi connectivity index (χ3v) is 3.16. The Morgan fingerprint density at radius 3 is 2.74 bits per heavy atom. The fourth-order valence-corrected chi connectivity index (χ4v) is 2.03. The van der Waals surface area contributed by atoms with Crippen LogP contribution < -0.4 is 5.73 Å². The van der Waals surface area contributed by atoms with Crippen LogP contribution in [0.4, 0.5) is 5.82 Å². The second-order valence-electron chi connectivity index (χ2n) is 4.37. The van der Waals surface area contributed by atoms with E-state index in [1.165, 1.54) is 0 Å². The number of methoxy groups -OCH3 is 2. The molecule has 19 heavy (non-hydrogen) atoms. The fourth-order valence-electron chi connectivity index (χ4n) is 2.03. The van der Waals surface area contributed by atoms with E-state index in [1.807, 2.05) is 25.2 Å². The van der Waals surface area contributed by atoms with Crippen molar-refractivity contribution in [2.75, 3.05) is 26.6 Å². The zero-order valence-corrected chi connectivity index (χ0v) is 11.5. The van der Waals surface area contributed by atoms with Crippen LogP contribution in [-0.2, 0) is 16.5 Å². The number of nitrogen functional groups attached to an aromatic ring is 1. The molecule has 5 heteroatoms. The number of nitrogens with two attached hydrogens (primary N) is 1.